The van der Waals surface area contributed by atoms with E-state index < -0.39 is 224 Å². The normalized spacial score (nSPS) is 29.4. The Kier molecular flexibility index (Phi) is 29.6. The number of primary amides is 2. The number of methoxy groups -OCH3 is 3. The zero-order valence-electron chi connectivity index (χ0n) is 99.2. The highest BCUT2D eigenvalue weighted by Crippen LogP contribution is 2.68. The first kappa shape index (κ1) is 86.1. The van der Waals surface area contributed by atoms with Crippen LogP contribution in [0.15, 0.2) is 0 Å². The van der Waals surface area contributed by atoms with Crippen LogP contribution in [-0.2, 0) is 71.7 Å². The number of rotatable bonds is 20. The van der Waals surface area contributed by atoms with Crippen molar-refractivity contribution in [3.05, 3.63) is 0 Å². The van der Waals surface area contributed by atoms with Crippen LogP contribution in [0.2, 0.25) is 0 Å². The number of esters is 3. The molecule has 740 valence electrons. The minimum atomic E-state index is -2.85. The number of carboxylic acid groups (broad SMARTS) is 1. The molecular formula is C93H169Cl2N13O20. The molecule has 2 unspecified atom stereocenters. The maximum absolute atomic E-state index is 14.2. The van der Waals surface area contributed by atoms with Crippen molar-refractivity contribution in [1.82, 2.24) is 51.9 Å². The molecule has 0 spiro atoms. The fraction of sp³-hybridized carbons (Fsp3) is 0.849. The highest BCUT2D eigenvalue weighted by atomic mass is 35.5. The molecule has 4 saturated heterocycles. The van der Waals surface area contributed by atoms with Crippen molar-refractivity contribution in [1.29, 1.82) is 0 Å². The number of carbonyl (C=O) groups excluding carboxylic acids is 13. The number of aliphatic hydroxyl groups excluding tert-OH is 1. The second-order valence-corrected chi connectivity index (χ2v) is 41.8. The van der Waals surface area contributed by atoms with Crippen molar-refractivity contribution in [2.75, 3.05) is 47.5 Å². The second kappa shape index (κ2) is 44.0. The molecule has 6 aliphatic carbocycles. The van der Waals surface area contributed by atoms with E-state index in [1.807, 2.05) is 41.5 Å². The van der Waals surface area contributed by atoms with Crippen LogP contribution in [0.3, 0.4) is 0 Å². The maximum atomic E-state index is 14.2. The van der Waals surface area contributed by atoms with Gasteiger partial charge >= 0.3 is 42.0 Å². The summed E-state index contributed by atoms with van der Waals surface area (Å²) in [5, 5.41) is 35.6. The molecule has 35 heteroatoms. The molecule has 15 N–H and O–H groups in total. The van der Waals surface area contributed by atoms with Gasteiger partial charge in [-0.3, -0.25) is 43.2 Å². The van der Waals surface area contributed by atoms with Crippen LogP contribution in [0, 0.1) is 108 Å². The average molecular weight is 1880 g/mol. The fourth-order valence-corrected chi connectivity index (χ4v) is 18.1. The van der Waals surface area contributed by atoms with Gasteiger partial charge in [0.2, 0.25) is 35.3 Å². The Balaban J connectivity index is 0.000000942. The summed E-state index contributed by atoms with van der Waals surface area (Å²) in [7, 11) is 3.93. The number of carbonyl (C=O) groups is 14. The molecule has 0 aromatic carbocycles. The quantitative estimate of drug-likeness (QED) is 0.0306. The minimum absolute atomic E-state index is 0. The van der Waals surface area contributed by atoms with Crippen molar-refractivity contribution < 1.29 is 125 Å². The number of fused-ring (bicyclic) bond motifs is 4. The first-order valence-electron chi connectivity index (χ1n) is 53.0. The third-order valence-corrected chi connectivity index (χ3v) is 26.5. The van der Waals surface area contributed by atoms with Crippen molar-refractivity contribution in [3.63, 3.8) is 0 Å². The Hall–Kier alpha value is -7.36. The summed E-state index contributed by atoms with van der Waals surface area (Å²) in [6, 6.07) is -11.2. The number of ether oxygens (including phenoxy) is 4. The lowest BCUT2D eigenvalue weighted by molar-refractivity contribution is -0.154. The predicted molar refractivity (Wildman–Crippen MR) is 497 cm³/mol. The van der Waals surface area contributed by atoms with E-state index in [1.165, 1.54) is 125 Å². The number of carboxylic acids is 1. The summed E-state index contributed by atoms with van der Waals surface area (Å²) in [6.45, 7) is 19.4. The van der Waals surface area contributed by atoms with Crippen molar-refractivity contribution in [2.45, 2.75) is 351 Å². The summed E-state index contributed by atoms with van der Waals surface area (Å²) in [5.41, 5.74) is 3.89. The smallest absolute Gasteiger partial charge is 0.408 e. The second-order valence-electron chi connectivity index (χ2n) is 41.8. The number of amides is 11. The molecule has 0 bridgehead atoms. The Bertz CT molecular complexity index is 4730. The number of urea groups is 2. The van der Waals surface area contributed by atoms with Crippen LogP contribution >= 0.6 is 24.8 Å². The molecule has 6 saturated carbocycles. The monoisotopic (exact) mass is 1880 g/mol. The van der Waals surface area contributed by atoms with Gasteiger partial charge in [0.05, 0.1) is 33.3 Å². The third-order valence-electron chi connectivity index (χ3n) is 26.5. The van der Waals surface area contributed by atoms with Gasteiger partial charge in [-0.1, -0.05) is 198 Å². The van der Waals surface area contributed by atoms with Crippen LogP contribution in [0.25, 0.3) is 0 Å². The fourth-order valence-electron chi connectivity index (χ4n) is 18.1. The van der Waals surface area contributed by atoms with Crippen molar-refractivity contribution >= 4 is 108 Å². The number of nitrogens with two attached hydrogens (primary N) is 3. The van der Waals surface area contributed by atoms with Gasteiger partial charge in [-0.05, 0) is 172 Å². The van der Waals surface area contributed by atoms with E-state index in [9.17, 15) is 67.1 Å². The van der Waals surface area contributed by atoms with E-state index >= 15 is 0 Å². The number of nitrogens with one attached hydrogen (secondary N) is 7. The number of aliphatic hydroxyl groups is 1. The van der Waals surface area contributed by atoms with E-state index in [0.717, 1.165) is 39.7 Å². The predicted octanol–water partition coefficient (Wildman–Crippen LogP) is 10.1. The molecule has 4 heterocycles. The number of halogens is 2. The van der Waals surface area contributed by atoms with Gasteiger partial charge in [0.15, 0.2) is 0 Å². The van der Waals surface area contributed by atoms with Gasteiger partial charge < -0.3 is 98.3 Å². The van der Waals surface area contributed by atoms with Gasteiger partial charge in [-0.15, -0.1) is 24.8 Å². The summed E-state index contributed by atoms with van der Waals surface area (Å²) in [5.74, 6) is -8.35. The lowest BCUT2D eigenvalue weighted by Gasteiger charge is -2.38. The molecule has 0 aromatic rings. The molecule has 10 fully saturated rings. The number of hydrogen-bond donors (Lipinski definition) is 12. The SMILES string of the molecule is C.C.COC(=O)[C@H]1NC[C@H]2[C@@H]1C2(C)C.Cl.Cl.NC(=O)C(O)[C@@H](N)CC1CCC1.[2H]C([2H])([2H])C(C)(C)NC(=O)N[C@H](C(=O)N1C[C@H]2[C@@H]([C@H]1C(=O)NC(CC1CCC1)C(=O)C(N)=O)C2(C)C)C(C)(C)C([2H])([2H])[2H].[2H]C([2H])([2H])C(C)(C)NC(=O)N[C@H](C(=O)N1C[C@H]2[C@@H]([C@H]1C(=O)OC)C2(C)C)C(C)(C)C([2H])([2H])[2H].[2H]C([2H])([2H])C(C)(C)[C@H](NC(=O)OC(C)(C)C)C(=O)N1C[C@H]2[C@@H]([C@H]1C(=O)OC)C2(C)C.[2H]C([2H])([2H])C(C)([C@H](C)C(=O)O)C([2H])([2H])[2H]. The van der Waals surface area contributed by atoms with Gasteiger partial charge in [0, 0.05) is 77.4 Å². The number of hydrogen-bond acceptors (Lipinski definition) is 21. The van der Waals surface area contributed by atoms with Crippen molar-refractivity contribution in [3.8, 4) is 0 Å². The summed E-state index contributed by atoms with van der Waals surface area (Å²) in [6.07, 6.45) is 5.13. The molecule has 4 aliphatic heterocycles. The first-order chi connectivity index (χ1) is 64.9. The van der Waals surface area contributed by atoms with Gasteiger partial charge in [-0.25, -0.2) is 24.0 Å². The zero-order valence-corrected chi connectivity index (χ0v) is 79.9. The van der Waals surface area contributed by atoms with Gasteiger partial charge in [-0.2, -0.15) is 0 Å². The molecular weight excluding hydrogens is 1690 g/mol. The van der Waals surface area contributed by atoms with Crippen LogP contribution < -0.4 is 54.4 Å². The van der Waals surface area contributed by atoms with E-state index in [0.29, 0.717) is 36.1 Å². The van der Waals surface area contributed by atoms with Crippen LogP contribution in [0.4, 0.5) is 14.4 Å². The standard InChI is InChI=1S/C27H45N5O5.C20H35N3O4.C20H34N2O5.C9H15NO2.C8H16N2O2.C7H14O2.2CH4.2ClH/c1-25(2,3)20(30-24(37)31-26(4,5)6)23(36)32-13-15-17(27(15,7)8)18(32)22(35)29-16(19(33)21(28)34)12-14-10-9-11-14;1-18(2,3)14(21-17(26)22-19(4,5)6)15(24)23-10-11-12(20(11,7)8)13(23)16(25)27-9;1-18(2,3)14(21-17(25)27-19(4,5)6)15(23)22-10-11-12(20(11,7)8)13(22)16(24)26-9;1-9(2)5-4-10-7(6(5)9)8(11)12-3;9-6(7(11)8(10)12)4-5-2-1-3-5;1-5(6(8)9)7(2,3)4;;;;/h14-18,20H,9-13H2,1-8H3,(H2,28,34)(H,29,35)(H2,30,31,37);11-14H,10H2,1-9H3,(H2,21,22,26);11-14H,10H2,1-9H3,(H,21,25);5-7,10H,4H2,1-3H3;5-7,11H,1-4,9H2,(H2,10,12);5H,1-4H3,(H,8,9);2*1H4;2*1H/t15-,16?,17-,18-,20+;2*11-,12-,13-,14+;5-,6-,7-;6-,7?;5-;;;;/m000001..../s1/i2*1D3,4D3;1D3;;;2D3,3D3;;;;. The van der Waals surface area contributed by atoms with E-state index in [2.05, 4.69) is 51.1 Å². The highest BCUT2D eigenvalue weighted by molar-refractivity contribution is 6.38. The number of aliphatic carboxylic acids is 1. The number of alkyl carbamates (subject to hydrolysis) is 1. The molecule has 10 rings (SSSR count). The van der Waals surface area contributed by atoms with Crippen LogP contribution in [-0.4, -0.2) is 233 Å². The zero-order chi connectivity index (χ0) is 113. The Labute approximate surface area is 806 Å². The van der Waals surface area contributed by atoms with Crippen LogP contribution in [0.1, 0.15) is 302 Å². The first-order valence-corrected chi connectivity index (χ1v) is 42.5. The van der Waals surface area contributed by atoms with E-state index in [4.69, 9.17) is 75.1 Å². The van der Waals surface area contributed by atoms with E-state index in [-0.39, 0.29) is 129 Å². The molecule has 33 nitrogen and oxygen atoms in total. The molecule has 0 aromatic heterocycles. The Morgan fingerprint density at radius 2 is 0.836 bits per heavy atom. The van der Waals surface area contributed by atoms with Crippen molar-refractivity contribution in [2.24, 2.45) is 126 Å². The topological polar surface area (TPSA) is 488 Å². The molecule has 11 amide bonds. The molecule has 19 atom stereocenters. The number of nitrogens with zero attached hydrogens (tertiary/aromatic N) is 3. The largest absolute Gasteiger partial charge is 0.481 e. The molecule has 128 heavy (non-hydrogen) atoms. The number of piperidine rings is 4. The highest BCUT2D eigenvalue weighted by Gasteiger charge is 2.73. The lowest BCUT2D eigenvalue weighted by Crippen LogP contribution is -2.62. The summed E-state index contributed by atoms with van der Waals surface area (Å²) < 4.78 is 181. The summed E-state index contributed by atoms with van der Waals surface area (Å²) in [4.78, 5) is 179. The molecule has 0 radical (unpaired) electrons. The minimum Gasteiger partial charge on any atom is -0.481 e. The maximum Gasteiger partial charge on any atom is 0.408 e. The van der Waals surface area contributed by atoms with Gasteiger partial charge in [0.1, 0.15) is 54.0 Å². The lowest BCUT2D eigenvalue weighted by atomic mass is 9.80. The number of Topliss-reactive ketones (excluding diaryl/α,β-unsaturated/α-hetero) is 1. The molecule has 10 aliphatic rings. The number of ketones is 1. The van der Waals surface area contributed by atoms with E-state index in [1.54, 1.807) is 20.8 Å². The van der Waals surface area contributed by atoms with Crippen LogP contribution in [0.5, 0.6) is 0 Å². The average Bonchev–Trinajstić information content (AvgIpc) is 1.52. The van der Waals surface area contributed by atoms with Gasteiger partial charge in [0.25, 0.3) is 5.91 Å². The number of likely N-dealkylation sites (tertiary alicyclic amines) is 3. The third kappa shape index (κ3) is 29.8. The summed E-state index contributed by atoms with van der Waals surface area (Å²) >= 11 is 0. The Morgan fingerprint density at radius 3 is 1.12 bits per heavy atom. The Morgan fingerprint density at radius 1 is 0.492 bits per heavy atom.